The number of nitrogens with zero attached hydrogens (tertiary/aromatic N) is 2. The molecule has 0 spiro atoms. The Bertz CT molecular complexity index is 1160. The number of amides is 1. The standard InChI is InChI=1S/C28H28N2O3S/c1-2-3-7-20-10-12-21(13-11-20)18-25-26(31)30(19-22-8-5-4-6-9-22)28(34-25)29-24-16-14-23(15-17-24)27(32)33/h4-6,8-17,25H,2-3,7,18-19H2,1H3,(H,32,33). The minimum Gasteiger partial charge on any atom is -0.478 e. The number of carbonyl (C=O) groups excluding carboxylic acids is 1. The summed E-state index contributed by atoms with van der Waals surface area (Å²) in [5, 5.41) is 9.53. The molecule has 0 bridgehead atoms. The van der Waals surface area contributed by atoms with E-state index in [1.54, 1.807) is 17.0 Å². The zero-order valence-corrected chi connectivity index (χ0v) is 20.0. The van der Waals surface area contributed by atoms with E-state index in [1.165, 1.54) is 42.3 Å². The zero-order valence-electron chi connectivity index (χ0n) is 19.2. The molecule has 5 nitrogen and oxygen atoms in total. The summed E-state index contributed by atoms with van der Waals surface area (Å²) in [5.74, 6) is -0.930. The van der Waals surface area contributed by atoms with Gasteiger partial charge in [-0.25, -0.2) is 9.79 Å². The maximum atomic E-state index is 13.4. The number of thioether (sulfide) groups is 1. The van der Waals surface area contributed by atoms with Crippen LogP contribution in [0, 0.1) is 0 Å². The van der Waals surface area contributed by atoms with Gasteiger partial charge in [-0.2, -0.15) is 0 Å². The van der Waals surface area contributed by atoms with Gasteiger partial charge in [-0.15, -0.1) is 0 Å². The van der Waals surface area contributed by atoms with Crippen molar-refractivity contribution in [3.05, 3.63) is 101 Å². The second kappa shape index (κ2) is 11.2. The van der Waals surface area contributed by atoms with Gasteiger partial charge in [0.25, 0.3) is 0 Å². The summed E-state index contributed by atoms with van der Waals surface area (Å²) < 4.78 is 0. The first-order valence-corrected chi connectivity index (χ1v) is 12.4. The van der Waals surface area contributed by atoms with E-state index in [0.717, 1.165) is 17.5 Å². The normalized spacial score (nSPS) is 16.9. The molecule has 0 aromatic heterocycles. The molecule has 1 heterocycles. The molecule has 6 heteroatoms. The van der Waals surface area contributed by atoms with Gasteiger partial charge in [0, 0.05) is 0 Å². The van der Waals surface area contributed by atoms with E-state index in [9.17, 15) is 9.59 Å². The number of carboxylic acids is 1. The number of rotatable bonds is 9. The first kappa shape index (κ1) is 23.8. The second-order valence-electron chi connectivity index (χ2n) is 8.39. The summed E-state index contributed by atoms with van der Waals surface area (Å²) in [6.07, 6.45) is 4.07. The summed E-state index contributed by atoms with van der Waals surface area (Å²) >= 11 is 1.47. The van der Waals surface area contributed by atoms with E-state index in [-0.39, 0.29) is 16.7 Å². The first-order chi connectivity index (χ1) is 16.5. The number of carboxylic acid groups (broad SMARTS) is 1. The molecule has 0 saturated carbocycles. The lowest BCUT2D eigenvalue weighted by atomic mass is 10.0. The molecule has 1 aliphatic rings. The van der Waals surface area contributed by atoms with Crippen molar-refractivity contribution in [1.29, 1.82) is 0 Å². The summed E-state index contributed by atoms with van der Waals surface area (Å²) in [6, 6.07) is 24.9. The predicted molar refractivity (Wildman–Crippen MR) is 138 cm³/mol. The lowest BCUT2D eigenvalue weighted by molar-refractivity contribution is -0.126. The van der Waals surface area contributed by atoms with Crippen LogP contribution in [0.15, 0.2) is 83.9 Å². The SMILES string of the molecule is CCCCc1ccc(CC2SC(=Nc3ccc(C(=O)O)cc3)N(Cc3ccccc3)C2=O)cc1. The van der Waals surface area contributed by atoms with Crippen molar-refractivity contribution in [2.24, 2.45) is 4.99 Å². The molecule has 174 valence electrons. The van der Waals surface area contributed by atoms with E-state index < -0.39 is 5.97 Å². The third-order valence-corrected chi connectivity index (χ3v) is 6.98. The Hall–Kier alpha value is -3.38. The number of hydrogen-bond acceptors (Lipinski definition) is 4. The van der Waals surface area contributed by atoms with Crippen molar-refractivity contribution in [2.45, 2.75) is 44.4 Å². The smallest absolute Gasteiger partial charge is 0.335 e. The van der Waals surface area contributed by atoms with Crippen LogP contribution in [0.4, 0.5) is 5.69 Å². The molecular formula is C28H28N2O3S. The number of benzene rings is 3. The monoisotopic (exact) mass is 472 g/mol. The van der Waals surface area contributed by atoms with Crippen LogP contribution < -0.4 is 0 Å². The molecule has 1 amide bonds. The van der Waals surface area contributed by atoms with Gasteiger partial charge in [-0.3, -0.25) is 9.69 Å². The molecule has 1 atom stereocenters. The van der Waals surface area contributed by atoms with E-state index in [4.69, 9.17) is 10.1 Å². The van der Waals surface area contributed by atoms with Gasteiger partial charge in [0.1, 0.15) is 0 Å². The van der Waals surface area contributed by atoms with Crippen LogP contribution in [0.3, 0.4) is 0 Å². The molecule has 1 saturated heterocycles. The molecule has 1 N–H and O–H groups in total. The Morgan fingerprint density at radius 1 is 0.941 bits per heavy atom. The van der Waals surface area contributed by atoms with Crippen molar-refractivity contribution in [1.82, 2.24) is 4.90 Å². The number of aliphatic imine (C=N–C) groups is 1. The van der Waals surface area contributed by atoms with Gasteiger partial charge >= 0.3 is 5.97 Å². The van der Waals surface area contributed by atoms with Gasteiger partial charge in [-0.05, 0) is 60.2 Å². The maximum absolute atomic E-state index is 13.4. The highest BCUT2D eigenvalue weighted by Gasteiger charge is 2.38. The predicted octanol–water partition coefficient (Wildman–Crippen LogP) is 6.10. The summed E-state index contributed by atoms with van der Waals surface area (Å²) in [7, 11) is 0. The Kier molecular flexibility index (Phi) is 7.80. The van der Waals surface area contributed by atoms with Crippen LogP contribution in [0.1, 0.15) is 46.8 Å². The van der Waals surface area contributed by atoms with Crippen LogP contribution in [0.2, 0.25) is 0 Å². The third-order valence-electron chi connectivity index (χ3n) is 5.81. The Morgan fingerprint density at radius 2 is 1.62 bits per heavy atom. The van der Waals surface area contributed by atoms with Gasteiger partial charge in [0.2, 0.25) is 5.91 Å². The van der Waals surface area contributed by atoms with Crippen LogP contribution >= 0.6 is 11.8 Å². The van der Waals surface area contributed by atoms with Gasteiger partial charge in [0.15, 0.2) is 5.17 Å². The molecule has 1 fully saturated rings. The van der Waals surface area contributed by atoms with E-state index in [1.807, 2.05) is 30.3 Å². The summed E-state index contributed by atoms with van der Waals surface area (Å²) in [4.78, 5) is 31.0. The highest BCUT2D eigenvalue weighted by atomic mass is 32.2. The lowest BCUT2D eigenvalue weighted by Crippen LogP contribution is -2.32. The van der Waals surface area contributed by atoms with Crippen LogP contribution in [0.5, 0.6) is 0 Å². The number of hydrogen-bond donors (Lipinski definition) is 1. The van der Waals surface area contributed by atoms with Crippen molar-refractivity contribution in [2.75, 3.05) is 0 Å². The van der Waals surface area contributed by atoms with Crippen LogP contribution in [-0.4, -0.2) is 32.3 Å². The molecule has 34 heavy (non-hydrogen) atoms. The number of aromatic carboxylic acids is 1. The minimum absolute atomic E-state index is 0.0461. The van der Waals surface area contributed by atoms with Crippen molar-refractivity contribution in [3.8, 4) is 0 Å². The van der Waals surface area contributed by atoms with Gasteiger partial charge in [-0.1, -0.05) is 79.7 Å². The van der Waals surface area contributed by atoms with E-state index in [0.29, 0.717) is 23.8 Å². The fourth-order valence-electron chi connectivity index (χ4n) is 3.86. The highest BCUT2D eigenvalue weighted by molar-refractivity contribution is 8.15. The Labute approximate surface area is 204 Å². The van der Waals surface area contributed by atoms with Crippen LogP contribution in [-0.2, 0) is 24.2 Å². The number of aryl methyl sites for hydroxylation is 1. The third kappa shape index (κ3) is 5.94. The Morgan fingerprint density at radius 3 is 2.26 bits per heavy atom. The molecule has 3 aromatic rings. The van der Waals surface area contributed by atoms with Crippen molar-refractivity contribution < 1.29 is 14.7 Å². The molecular weight excluding hydrogens is 444 g/mol. The molecule has 3 aromatic carbocycles. The van der Waals surface area contributed by atoms with E-state index >= 15 is 0 Å². The first-order valence-electron chi connectivity index (χ1n) is 11.6. The number of amidine groups is 1. The minimum atomic E-state index is -0.976. The maximum Gasteiger partial charge on any atom is 0.335 e. The molecule has 1 aliphatic heterocycles. The summed E-state index contributed by atoms with van der Waals surface area (Å²) in [6.45, 7) is 2.64. The molecule has 4 rings (SSSR count). The van der Waals surface area contributed by atoms with Gasteiger partial charge < -0.3 is 5.11 Å². The molecule has 1 unspecified atom stereocenters. The highest BCUT2D eigenvalue weighted by Crippen LogP contribution is 2.33. The average Bonchev–Trinajstić information content (AvgIpc) is 3.13. The fourth-order valence-corrected chi connectivity index (χ4v) is 5.06. The summed E-state index contributed by atoms with van der Waals surface area (Å²) in [5.41, 5.74) is 4.33. The van der Waals surface area contributed by atoms with Crippen LogP contribution in [0.25, 0.3) is 0 Å². The van der Waals surface area contributed by atoms with Crippen molar-refractivity contribution in [3.63, 3.8) is 0 Å². The van der Waals surface area contributed by atoms with Crippen molar-refractivity contribution >= 4 is 34.5 Å². The number of unbranched alkanes of at least 4 members (excludes halogenated alkanes) is 1. The average molecular weight is 473 g/mol. The van der Waals surface area contributed by atoms with E-state index in [2.05, 4.69) is 31.2 Å². The fraction of sp³-hybridized carbons (Fsp3) is 0.250. The second-order valence-corrected chi connectivity index (χ2v) is 9.56. The topological polar surface area (TPSA) is 70.0 Å². The quantitative estimate of drug-likeness (QED) is 0.408. The lowest BCUT2D eigenvalue weighted by Gasteiger charge is -2.16. The molecule has 0 radical (unpaired) electrons. The Balaban J connectivity index is 1.55. The molecule has 0 aliphatic carbocycles. The largest absolute Gasteiger partial charge is 0.478 e. The zero-order chi connectivity index (χ0) is 23.9. The van der Waals surface area contributed by atoms with Gasteiger partial charge in [0.05, 0.1) is 23.0 Å². The number of carbonyl (C=O) groups is 2.